The first-order valence-electron chi connectivity index (χ1n) is 8.67. The fourth-order valence-corrected chi connectivity index (χ4v) is 2.37. The minimum atomic E-state index is -0.577. The number of amides is 1. The van der Waals surface area contributed by atoms with Crippen LogP contribution >= 0.6 is 0 Å². The summed E-state index contributed by atoms with van der Waals surface area (Å²) in [4.78, 5) is 31.9. The molecule has 146 valence electrons. The van der Waals surface area contributed by atoms with E-state index in [0.717, 1.165) is 0 Å². The normalized spacial score (nSPS) is 10.0. The molecular weight excluding hydrogens is 374 g/mol. The number of aromatic nitrogens is 4. The number of esters is 1. The number of rotatable bonds is 8. The summed E-state index contributed by atoms with van der Waals surface area (Å²) in [5.74, 6) is -0.522. The SMILES string of the molecule is N#Cc1cnn(-c2ccccc2)c1NC(=O)COC(=O)CCNc1ncccn1. The fourth-order valence-electron chi connectivity index (χ4n) is 2.37. The minimum absolute atomic E-state index is 0.0386. The lowest BCUT2D eigenvalue weighted by Crippen LogP contribution is -2.23. The van der Waals surface area contributed by atoms with Gasteiger partial charge in [-0.05, 0) is 18.2 Å². The minimum Gasteiger partial charge on any atom is -0.456 e. The van der Waals surface area contributed by atoms with Gasteiger partial charge in [-0.25, -0.2) is 14.6 Å². The van der Waals surface area contributed by atoms with Crippen LogP contribution < -0.4 is 10.6 Å². The Morgan fingerprint density at radius 2 is 1.90 bits per heavy atom. The number of anilines is 2. The Labute approximate surface area is 166 Å². The van der Waals surface area contributed by atoms with Crippen LogP contribution in [0.3, 0.4) is 0 Å². The van der Waals surface area contributed by atoms with Crippen LogP contribution in [0.1, 0.15) is 12.0 Å². The summed E-state index contributed by atoms with van der Waals surface area (Å²) >= 11 is 0. The molecule has 1 amide bonds. The Morgan fingerprint density at radius 1 is 1.14 bits per heavy atom. The van der Waals surface area contributed by atoms with Gasteiger partial charge in [0.2, 0.25) is 5.95 Å². The quantitative estimate of drug-likeness (QED) is 0.552. The monoisotopic (exact) mass is 391 g/mol. The third-order valence-corrected chi connectivity index (χ3v) is 3.69. The summed E-state index contributed by atoms with van der Waals surface area (Å²) in [5, 5.41) is 18.8. The zero-order chi connectivity index (χ0) is 20.5. The standard InChI is InChI=1S/C19H17N7O3/c20-11-14-12-24-26(15-5-2-1-3-6-15)18(14)25-16(27)13-29-17(28)7-10-23-19-21-8-4-9-22-19/h1-6,8-9,12H,7,10,13H2,(H,25,27)(H,21,22,23). The zero-order valence-electron chi connectivity index (χ0n) is 15.3. The van der Waals surface area contributed by atoms with Crippen molar-refractivity contribution in [3.8, 4) is 11.8 Å². The molecule has 2 heterocycles. The molecule has 0 spiro atoms. The van der Waals surface area contributed by atoms with Gasteiger partial charge in [0, 0.05) is 18.9 Å². The van der Waals surface area contributed by atoms with Crippen LogP contribution in [0.2, 0.25) is 0 Å². The molecule has 0 unspecified atom stereocenters. The lowest BCUT2D eigenvalue weighted by molar-refractivity contribution is -0.147. The molecule has 0 aliphatic carbocycles. The molecule has 0 radical (unpaired) electrons. The molecule has 3 rings (SSSR count). The predicted molar refractivity (Wildman–Crippen MR) is 103 cm³/mol. The van der Waals surface area contributed by atoms with Gasteiger partial charge in [0.1, 0.15) is 11.6 Å². The van der Waals surface area contributed by atoms with Crippen LogP contribution in [-0.2, 0) is 14.3 Å². The largest absolute Gasteiger partial charge is 0.456 e. The average molecular weight is 391 g/mol. The molecule has 0 saturated heterocycles. The molecule has 10 heteroatoms. The third kappa shape index (κ3) is 5.36. The zero-order valence-corrected chi connectivity index (χ0v) is 15.3. The Balaban J connectivity index is 1.51. The third-order valence-electron chi connectivity index (χ3n) is 3.69. The number of nitrogens with zero attached hydrogens (tertiary/aromatic N) is 5. The summed E-state index contributed by atoms with van der Waals surface area (Å²) in [6.07, 6.45) is 4.55. The summed E-state index contributed by atoms with van der Waals surface area (Å²) < 4.78 is 6.40. The lowest BCUT2D eigenvalue weighted by Gasteiger charge is -2.10. The van der Waals surface area contributed by atoms with Gasteiger partial charge < -0.3 is 15.4 Å². The number of nitriles is 1. The number of ether oxygens (including phenoxy) is 1. The Hall–Kier alpha value is -4.26. The number of hydrogen-bond acceptors (Lipinski definition) is 8. The van der Waals surface area contributed by atoms with Gasteiger partial charge in [-0.1, -0.05) is 18.2 Å². The van der Waals surface area contributed by atoms with Gasteiger partial charge in [-0.3, -0.25) is 9.59 Å². The van der Waals surface area contributed by atoms with Crippen molar-refractivity contribution in [3.63, 3.8) is 0 Å². The number of benzene rings is 1. The van der Waals surface area contributed by atoms with E-state index in [0.29, 0.717) is 11.6 Å². The van der Waals surface area contributed by atoms with Crippen LogP contribution in [0, 0.1) is 11.3 Å². The number of carbonyl (C=O) groups is 2. The molecule has 1 aromatic carbocycles. The summed E-state index contributed by atoms with van der Waals surface area (Å²) in [7, 11) is 0. The van der Waals surface area contributed by atoms with Crippen molar-refractivity contribution < 1.29 is 14.3 Å². The summed E-state index contributed by atoms with van der Waals surface area (Å²) in [5.41, 5.74) is 0.871. The van der Waals surface area contributed by atoms with E-state index >= 15 is 0 Å². The average Bonchev–Trinajstić information content (AvgIpc) is 3.16. The van der Waals surface area contributed by atoms with Crippen LogP contribution in [0.25, 0.3) is 5.69 Å². The van der Waals surface area contributed by atoms with Gasteiger partial charge >= 0.3 is 5.97 Å². The van der Waals surface area contributed by atoms with Gasteiger partial charge in [0.05, 0.1) is 18.3 Å². The molecule has 0 fully saturated rings. The highest BCUT2D eigenvalue weighted by atomic mass is 16.5. The molecule has 0 saturated carbocycles. The second-order valence-corrected chi connectivity index (χ2v) is 5.72. The summed E-state index contributed by atoms with van der Waals surface area (Å²) in [6.45, 7) is -0.213. The van der Waals surface area contributed by atoms with E-state index in [1.54, 1.807) is 30.6 Å². The van der Waals surface area contributed by atoms with Crippen molar-refractivity contribution >= 4 is 23.6 Å². The summed E-state index contributed by atoms with van der Waals surface area (Å²) in [6, 6.07) is 12.7. The molecule has 0 atom stereocenters. The highest BCUT2D eigenvalue weighted by Gasteiger charge is 2.16. The van der Waals surface area contributed by atoms with Crippen molar-refractivity contribution in [2.75, 3.05) is 23.8 Å². The van der Waals surface area contributed by atoms with Crippen molar-refractivity contribution in [2.24, 2.45) is 0 Å². The molecule has 0 aliphatic heterocycles. The van der Waals surface area contributed by atoms with Crippen LogP contribution in [0.15, 0.2) is 55.0 Å². The van der Waals surface area contributed by atoms with Crippen LogP contribution in [0.4, 0.5) is 11.8 Å². The first kappa shape index (κ1) is 19.5. The Kier molecular flexibility index (Phi) is 6.46. The Bertz CT molecular complexity index is 1010. The number of nitrogens with one attached hydrogen (secondary N) is 2. The van der Waals surface area contributed by atoms with Crippen LogP contribution in [0.5, 0.6) is 0 Å². The van der Waals surface area contributed by atoms with E-state index in [1.807, 2.05) is 24.3 Å². The smallest absolute Gasteiger partial charge is 0.308 e. The highest BCUT2D eigenvalue weighted by Crippen LogP contribution is 2.19. The van der Waals surface area contributed by atoms with E-state index in [4.69, 9.17) is 4.74 Å². The molecule has 0 aliphatic rings. The molecular formula is C19H17N7O3. The van der Waals surface area contributed by atoms with Crippen LogP contribution in [-0.4, -0.2) is 44.8 Å². The maximum Gasteiger partial charge on any atom is 0.308 e. The van der Waals surface area contributed by atoms with Gasteiger partial charge in [0.15, 0.2) is 12.4 Å². The van der Waals surface area contributed by atoms with E-state index in [-0.39, 0.29) is 24.3 Å². The predicted octanol–water partition coefficient (Wildman–Crippen LogP) is 1.52. The maximum atomic E-state index is 12.2. The molecule has 10 nitrogen and oxygen atoms in total. The topological polar surface area (TPSA) is 135 Å². The van der Waals surface area contributed by atoms with E-state index in [2.05, 4.69) is 25.7 Å². The number of hydrogen-bond donors (Lipinski definition) is 2. The number of carbonyl (C=O) groups excluding carboxylic acids is 2. The van der Waals surface area contributed by atoms with Gasteiger partial charge in [-0.15, -0.1) is 0 Å². The van der Waals surface area contributed by atoms with E-state index in [9.17, 15) is 14.9 Å². The van der Waals surface area contributed by atoms with Crippen molar-refractivity contribution in [1.29, 1.82) is 5.26 Å². The molecule has 2 N–H and O–H groups in total. The molecule has 29 heavy (non-hydrogen) atoms. The fraction of sp³-hybridized carbons (Fsp3) is 0.158. The van der Waals surface area contributed by atoms with Gasteiger partial charge in [-0.2, -0.15) is 10.4 Å². The first-order valence-corrected chi connectivity index (χ1v) is 8.67. The first-order chi connectivity index (χ1) is 14.2. The van der Waals surface area contributed by atoms with Gasteiger partial charge in [0.25, 0.3) is 5.91 Å². The maximum absolute atomic E-state index is 12.2. The molecule has 3 aromatic rings. The van der Waals surface area contributed by atoms with Crippen molar-refractivity contribution in [1.82, 2.24) is 19.7 Å². The lowest BCUT2D eigenvalue weighted by atomic mass is 10.3. The van der Waals surface area contributed by atoms with Crippen molar-refractivity contribution in [3.05, 3.63) is 60.6 Å². The molecule has 2 aromatic heterocycles. The Morgan fingerprint density at radius 3 is 2.62 bits per heavy atom. The second kappa shape index (κ2) is 9.61. The van der Waals surface area contributed by atoms with E-state index in [1.165, 1.54) is 10.9 Å². The highest BCUT2D eigenvalue weighted by molar-refractivity contribution is 5.93. The second-order valence-electron chi connectivity index (χ2n) is 5.72. The molecule has 0 bridgehead atoms. The van der Waals surface area contributed by atoms with E-state index < -0.39 is 18.5 Å². The van der Waals surface area contributed by atoms with Crippen molar-refractivity contribution in [2.45, 2.75) is 6.42 Å². The number of para-hydroxylation sites is 1.